The van der Waals surface area contributed by atoms with Crippen molar-refractivity contribution in [3.05, 3.63) is 36.0 Å². The number of piperidine rings is 1. The van der Waals surface area contributed by atoms with Gasteiger partial charge in [0.05, 0.1) is 0 Å². The minimum atomic E-state index is -0.967. The number of carbonyl (C=O) groups excluding carboxylic acids is 4. The van der Waals surface area contributed by atoms with Gasteiger partial charge in [-0.25, -0.2) is 0 Å². The van der Waals surface area contributed by atoms with E-state index >= 15 is 0 Å². The molecule has 0 aliphatic carbocycles. The second-order valence-corrected chi connectivity index (χ2v) is 4.57. The first kappa shape index (κ1) is 16.6. The maximum absolute atomic E-state index is 12.5. The Bertz CT molecular complexity index is 546. The van der Waals surface area contributed by atoms with Gasteiger partial charge in [-0.1, -0.05) is 18.7 Å². The molecule has 0 aromatic carbocycles. The molecule has 6 heteroatoms. The van der Waals surface area contributed by atoms with E-state index in [2.05, 4.69) is 11.9 Å². The van der Waals surface area contributed by atoms with E-state index in [0.717, 1.165) is 4.90 Å². The summed E-state index contributed by atoms with van der Waals surface area (Å²) in [6, 6.07) is -0.967. The molecule has 1 saturated heterocycles. The average molecular weight is 290 g/mol. The van der Waals surface area contributed by atoms with E-state index < -0.39 is 23.8 Å². The van der Waals surface area contributed by atoms with Gasteiger partial charge in [0.2, 0.25) is 18.2 Å². The first-order valence-electron chi connectivity index (χ1n) is 6.53. The summed E-state index contributed by atoms with van der Waals surface area (Å²) >= 11 is 0. The highest BCUT2D eigenvalue weighted by atomic mass is 16.2. The second kappa shape index (κ2) is 7.33. The van der Waals surface area contributed by atoms with Gasteiger partial charge in [0, 0.05) is 12.0 Å². The van der Waals surface area contributed by atoms with E-state index in [4.69, 9.17) is 0 Å². The van der Waals surface area contributed by atoms with E-state index in [1.54, 1.807) is 19.9 Å². The number of hydrogen-bond donors (Lipinski definition) is 1. The van der Waals surface area contributed by atoms with Gasteiger partial charge < -0.3 is 0 Å². The predicted octanol–water partition coefficient (Wildman–Crippen LogP) is 0.855. The first-order valence-corrected chi connectivity index (χ1v) is 6.53. The molecule has 21 heavy (non-hydrogen) atoms. The van der Waals surface area contributed by atoms with Crippen molar-refractivity contribution in [2.75, 3.05) is 0 Å². The molecule has 0 aromatic rings. The monoisotopic (exact) mass is 290 g/mol. The summed E-state index contributed by atoms with van der Waals surface area (Å²) in [4.78, 5) is 47.5. The highest BCUT2D eigenvalue weighted by Crippen LogP contribution is 2.18. The number of carbonyl (C=O) groups is 4. The molecule has 1 fully saturated rings. The number of nitrogens with zero attached hydrogens (tertiary/aromatic N) is 1. The molecule has 0 radical (unpaired) electrons. The Morgan fingerprint density at radius 2 is 2.10 bits per heavy atom. The van der Waals surface area contributed by atoms with Crippen LogP contribution in [0.2, 0.25) is 0 Å². The van der Waals surface area contributed by atoms with Crippen molar-refractivity contribution >= 4 is 24.1 Å². The lowest BCUT2D eigenvalue weighted by Crippen LogP contribution is -2.54. The van der Waals surface area contributed by atoms with Crippen LogP contribution in [0.15, 0.2) is 36.0 Å². The summed E-state index contributed by atoms with van der Waals surface area (Å²) in [5, 5.41) is 2.13. The highest BCUT2D eigenvalue weighted by Gasteiger charge is 2.35. The number of nitrogens with one attached hydrogen (secondary N) is 1. The maximum atomic E-state index is 12.5. The Morgan fingerprint density at radius 3 is 2.57 bits per heavy atom. The number of imide groups is 2. The molecular formula is C15H18N2O4. The van der Waals surface area contributed by atoms with Gasteiger partial charge in [0.15, 0.2) is 0 Å². The number of allylic oxidation sites excluding steroid dienone is 3. The van der Waals surface area contributed by atoms with Crippen LogP contribution in [0.25, 0.3) is 0 Å². The highest BCUT2D eigenvalue weighted by molar-refractivity contribution is 6.08. The lowest BCUT2D eigenvalue weighted by molar-refractivity contribution is -0.148. The van der Waals surface area contributed by atoms with Crippen LogP contribution >= 0.6 is 0 Å². The minimum absolute atomic E-state index is 0.0944. The van der Waals surface area contributed by atoms with E-state index in [9.17, 15) is 19.2 Å². The third kappa shape index (κ3) is 3.75. The largest absolute Gasteiger partial charge is 0.295 e. The standard InChI is InChI=1S/C15H18N2O4/c1-4-6-11(10(3)5-2)15(21)17(9-18)12-7-8-13(19)16-14(12)20/h4-6,9,12H,1,7-8H2,2-3H3,(H,16,19,20)/b10-5-,11-6+. The van der Waals surface area contributed by atoms with Gasteiger partial charge in [0.25, 0.3) is 5.91 Å². The normalized spacial score (nSPS) is 19.8. The van der Waals surface area contributed by atoms with Crippen molar-refractivity contribution in [2.24, 2.45) is 0 Å². The third-order valence-corrected chi connectivity index (χ3v) is 3.27. The van der Waals surface area contributed by atoms with Crippen LogP contribution in [0.1, 0.15) is 26.7 Å². The Morgan fingerprint density at radius 1 is 1.43 bits per heavy atom. The van der Waals surface area contributed by atoms with Crippen molar-refractivity contribution in [2.45, 2.75) is 32.7 Å². The van der Waals surface area contributed by atoms with E-state index in [-0.39, 0.29) is 18.4 Å². The molecule has 1 unspecified atom stereocenters. The molecule has 1 N–H and O–H groups in total. The quantitative estimate of drug-likeness (QED) is 0.352. The number of rotatable bonds is 5. The van der Waals surface area contributed by atoms with Gasteiger partial charge in [-0.2, -0.15) is 0 Å². The molecule has 0 aromatic heterocycles. The molecule has 112 valence electrons. The predicted molar refractivity (Wildman–Crippen MR) is 76.8 cm³/mol. The topological polar surface area (TPSA) is 83.6 Å². The van der Waals surface area contributed by atoms with Crippen molar-refractivity contribution in [1.82, 2.24) is 10.2 Å². The maximum Gasteiger partial charge on any atom is 0.261 e. The van der Waals surface area contributed by atoms with E-state index in [1.807, 2.05) is 0 Å². The van der Waals surface area contributed by atoms with Crippen LogP contribution in [0.4, 0.5) is 0 Å². The molecule has 1 atom stereocenters. The molecule has 0 spiro atoms. The lowest BCUT2D eigenvalue weighted by atomic mass is 10.0. The lowest BCUT2D eigenvalue weighted by Gasteiger charge is -2.29. The molecular weight excluding hydrogens is 272 g/mol. The molecule has 4 amide bonds. The smallest absolute Gasteiger partial charge is 0.261 e. The van der Waals surface area contributed by atoms with Crippen LogP contribution in [0, 0.1) is 0 Å². The Kier molecular flexibility index (Phi) is 5.78. The van der Waals surface area contributed by atoms with Crippen LogP contribution in [-0.4, -0.2) is 35.1 Å². The zero-order valence-electron chi connectivity index (χ0n) is 12.1. The average Bonchev–Trinajstić information content (AvgIpc) is 2.46. The van der Waals surface area contributed by atoms with Crippen molar-refractivity contribution in [1.29, 1.82) is 0 Å². The van der Waals surface area contributed by atoms with Gasteiger partial charge in [0.1, 0.15) is 6.04 Å². The molecule has 0 bridgehead atoms. The van der Waals surface area contributed by atoms with E-state index in [0.29, 0.717) is 12.0 Å². The summed E-state index contributed by atoms with van der Waals surface area (Å²) in [6.07, 6.45) is 5.19. The summed E-state index contributed by atoms with van der Waals surface area (Å²) in [5.74, 6) is -1.63. The van der Waals surface area contributed by atoms with E-state index in [1.165, 1.54) is 12.2 Å². The third-order valence-electron chi connectivity index (χ3n) is 3.27. The fraction of sp³-hybridized carbons (Fsp3) is 0.333. The first-order chi connectivity index (χ1) is 9.96. The van der Waals surface area contributed by atoms with Crippen molar-refractivity contribution < 1.29 is 19.2 Å². The fourth-order valence-electron chi connectivity index (χ4n) is 1.99. The molecule has 1 aliphatic rings. The summed E-state index contributed by atoms with van der Waals surface area (Å²) in [5.41, 5.74) is 0.948. The molecule has 6 nitrogen and oxygen atoms in total. The summed E-state index contributed by atoms with van der Waals surface area (Å²) < 4.78 is 0. The van der Waals surface area contributed by atoms with Crippen molar-refractivity contribution in [3.63, 3.8) is 0 Å². The van der Waals surface area contributed by atoms with Crippen molar-refractivity contribution in [3.8, 4) is 0 Å². The second-order valence-electron chi connectivity index (χ2n) is 4.57. The number of hydrogen-bond acceptors (Lipinski definition) is 4. The number of amides is 4. The van der Waals surface area contributed by atoms with Gasteiger partial charge >= 0.3 is 0 Å². The van der Waals surface area contributed by atoms with Crippen LogP contribution in [-0.2, 0) is 19.2 Å². The Hall–Kier alpha value is -2.50. The van der Waals surface area contributed by atoms with Crippen LogP contribution in [0.5, 0.6) is 0 Å². The Balaban J connectivity index is 3.08. The SMILES string of the molecule is C=C/C=C(C(=O)N(C=O)C1CCC(=O)NC1=O)\C(C)=C/C. The van der Waals surface area contributed by atoms with Gasteiger partial charge in [-0.05, 0) is 31.9 Å². The Labute approximate surface area is 123 Å². The minimum Gasteiger partial charge on any atom is -0.295 e. The molecule has 1 aliphatic heterocycles. The molecule has 1 heterocycles. The summed E-state index contributed by atoms with van der Waals surface area (Å²) in [7, 11) is 0. The molecule has 0 saturated carbocycles. The van der Waals surface area contributed by atoms with Gasteiger partial charge in [-0.3, -0.25) is 29.4 Å². The fourth-order valence-corrected chi connectivity index (χ4v) is 1.99. The zero-order chi connectivity index (χ0) is 16.0. The molecule has 1 rings (SSSR count). The summed E-state index contributed by atoms with van der Waals surface area (Å²) in [6.45, 7) is 7.02. The zero-order valence-corrected chi connectivity index (χ0v) is 12.1. The van der Waals surface area contributed by atoms with Crippen LogP contribution < -0.4 is 5.32 Å². The van der Waals surface area contributed by atoms with Gasteiger partial charge in [-0.15, -0.1) is 0 Å². The van der Waals surface area contributed by atoms with Crippen LogP contribution in [0.3, 0.4) is 0 Å².